The highest BCUT2D eigenvalue weighted by molar-refractivity contribution is 9.10. The zero-order valence-corrected chi connectivity index (χ0v) is 14.0. The lowest BCUT2D eigenvalue weighted by molar-refractivity contribution is 0.0697. The van der Waals surface area contributed by atoms with Gasteiger partial charge in [-0.1, -0.05) is 0 Å². The molecule has 1 fully saturated rings. The highest BCUT2D eigenvalue weighted by atomic mass is 79.9. The second-order valence-electron chi connectivity index (χ2n) is 5.21. The quantitative estimate of drug-likeness (QED) is 0.754. The van der Waals surface area contributed by atoms with Crippen LogP contribution in [0.1, 0.15) is 30.1 Å². The van der Waals surface area contributed by atoms with Gasteiger partial charge in [0.15, 0.2) is 0 Å². The molecular weight excluding hydrogens is 356 g/mol. The van der Waals surface area contributed by atoms with E-state index in [1.807, 2.05) is 11.8 Å². The highest BCUT2D eigenvalue weighted by Gasteiger charge is 2.29. The zero-order valence-electron chi connectivity index (χ0n) is 11.6. The van der Waals surface area contributed by atoms with E-state index in [4.69, 9.17) is 5.11 Å². The molecule has 2 amide bonds. The van der Waals surface area contributed by atoms with Gasteiger partial charge < -0.3 is 15.7 Å². The molecule has 0 aromatic heterocycles. The van der Waals surface area contributed by atoms with Crippen molar-refractivity contribution in [1.82, 2.24) is 5.32 Å². The predicted molar refractivity (Wildman–Crippen MR) is 88.2 cm³/mol. The highest BCUT2D eigenvalue weighted by Crippen LogP contribution is 2.37. The van der Waals surface area contributed by atoms with Gasteiger partial charge in [-0.3, -0.25) is 0 Å². The smallest absolute Gasteiger partial charge is 0.335 e. The fraction of sp³-hybridized carbons (Fsp3) is 0.429. The van der Waals surface area contributed by atoms with Crippen molar-refractivity contribution < 1.29 is 14.7 Å². The average molecular weight is 373 g/mol. The maximum absolute atomic E-state index is 11.9. The molecule has 2 rings (SSSR count). The van der Waals surface area contributed by atoms with Gasteiger partial charge in [-0.25, -0.2) is 9.59 Å². The summed E-state index contributed by atoms with van der Waals surface area (Å²) in [6.45, 7) is 2.74. The maximum atomic E-state index is 11.9. The lowest BCUT2D eigenvalue weighted by atomic mass is 10.1. The second kappa shape index (κ2) is 6.70. The summed E-state index contributed by atoms with van der Waals surface area (Å²) in [6.07, 6.45) is 2.27. The van der Waals surface area contributed by atoms with Gasteiger partial charge in [0.05, 0.1) is 11.3 Å². The Bertz CT molecular complexity index is 559. The number of urea groups is 1. The van der Waals surface area contributed by atoms with Gasteiger partial charge in [-0.15, -0.1) is 0 Å². The van der Waals surface area contributed by atoms with E-state index in [1.54, 1.807) is 6.07 Å². The number of rotatable bonds is 4. The van der Waals surface area contributed by atoms with Crippen molar-refractivity contribution in [3.05, 3.63) is 28.2 Å². The van der Waals surface area contributed by atoms with Crippen molar-refractivity contribution in [2.45, 2.75) is 24.5 Å². The Morgan fingerprint density at radius 1 is 1.48 bits per heavy atom. The summed E-state index contributed by atoms with van der Waals surface area (Å²) in [5, 5.41) is 14.5. The largest absolute Gasteiger partial charge is 0.478 e. The molecule has 1 aromatic carbocycles. The SMILES string of the molecule is CC1(CNC(=O)Nc2cc(C(=O)O)ccc2Br)CCCS1. The standard InChI is InChI=1S/C14H17BrN2O3S/c1-14(5-2-6-21-14)8-16-13(20)17-11-7-9(12(18)19)3-4-10(11)15/h3-4,7H,2,5-6,8H2,1H3,(H,18,19)(H2,16,17,20). The molecular formula is C14H17BrN2O3S. The van der Waals surface area contributed by atoms with E-state index < -0.39 is 5.97 Å². The number of nitrogens with one attached hydrogen (secondary N) is 2. The first-order valence-corrected chi connectivity index (χ1v) is 8.39. The maximum Gasteiger partial charge on any atom is 0.335 e. The lowest BCUT2D eigenvalue weighted by Crippen LogP contribution is -2.39. The van der Waals surface area contributed by atoms with Crippen LogP contribution in [0, 0.1) is 0 Å². The van der Waals surface area contributed by atoms with Gasteiger partial charge in [-0.2, -0.15) is 11.8 Å². The Balaban J connectivity index is 1.96. The minimum atomic E-state index is -1.03. The molecule has 21 heavy (non-hydrogen) atoms. The summed E-state index contributed by atoms with van der Waals surface area (Å²) in [4.78, 5) is 22.9. The second-order valence-corrected chi connectivity index (χ2v) is 7.75. The molecule has 1 atom stereocenters. The van der Waals surface area contributed by atoms with Gasteiger partial charge >= 0.3 is 12.0 Å². The number of anilines is 1. The normalized spacial score (nSPS) is 21.0. The summed E-state index contributed by atoms with van der Waals surface area (Å²) in [5.74, 6) is 0.104. The fourth-order valence-electron chi connectivity index (χ4n) is 2.16. The van der Waals surface area contributed by atoms with Crippen molar-refractivity contribution in [3.63, 3.8) is 0 Å². The van der Waals surface area contributed by atoms with E-state index in [0.717, 1.165) is 12.2 Å². The Labute approximate surface area is 136 Å². The number of thioether (sulfide) groups is 1. The van der Waals surface area contributed by atoms with E-state index in [9.17, 15) is 9.59 Å². The molecule has 1 aromatic rings. The van der Waals surface area contributed by atoms with Gasteiger partial charge in [-0.05, 0) is 59.6 Å². The van der Waals surface area contributed by atoms with Crippen LogP contribution < -0.4 is 10.6 Å². The van der Waals surface area contributed by atoms with Crippen LogP contribution in [0.25, 0.3) is 0 Å². The Morgan fingerprint density at radius 3 is 2.86 bits per heavy atom. The van der Waals surface area contributed by atoms with Gasteiger partial charge in [0.25, 0.3) is 0 Å². The van der Waals surface area contributed by atoms with E-state index in [-0.39, 0.29) is 16.3 Å². The third-order valence-electron chi connectivity index (χ3n) is 3.38. The number of halogens is 1. The molecule has 0 aliphatic carbocycles. The minimum absolute atomic E-state index is 0.0947. The van der Waals surface area contributed by atoms with E-state index in [0.29, 0.717) is 16.7 Å². The molecule has 0 saturated carbocycles. The van der Waals surface area contributed by atoms with E-state index in [1.165, 1.54) is 18.6 Å². The molecule has 0 bridgehead atoms. The predicted octanol–water partition coefficient (Wildman–Crippen LogP) is 3.55. The summed E-state index contributed by atoms with van der Waals surface area (Å²) in [5.41, 5.74) is 0.573. The van der Waals surface area contributed by atoms with Crippen LogP contribution in [0.5, 0.6) is 0 Å². The van der Waals surface area contributed by atoms with Gasteiger partial charge in [0.2, 0.25) is 0 Å². The molecule has 0 radical (unpaired) electrons. The number of aromatic carboxylic acids is 1. The monoisotopic (exact) mass is 372 g/mol. The van der Waals surface area contributed by atoms with Crippen LogP contribution >= 0.6 is 27.7 Å². The molecule has 0 spiro atoms. The lowest BCUT2D eigenvalue weighted by Gasteiger charge is -2.23. The third kappa shape index (κ3) is 4.38. The van der Waals surface area contributed by atoms with Crippen LogP contribution in [0.3, 0.4) is 0 Å². The van der Waals surface area contributed by atoms with Crippen molar-refractivity contribution in [2.24, 2.45) is 0 Å². The molecule has 1 aliphatic rings. The van der Waals surface area contributed by atoms with E-state index in [2.05, 4.69) is 33.5 Å². The average Bonchev–Trinajstić information content (AvgIpc) is 2.86. The number of carbonyl (C=O) groups is 2. The first-order chi connectivity index (χ1) is 9.89. The van der Waals surface area contributed by atoms with Crippen LogP contribution in [0.15, 0.2) is 22.7 Å². The topological polar surface area (TPSA) is 78.4 Å². The number of carbonyl (C=O) groups excluding carboxylic acids is 1. The van der Waals surface area contributed by atoms with Crippen LogP contribution in [0.2, 0.25) is 0 Å². The summed E-state index contributed by atoms with van der Waals surface area (Å²) < 4.78 is 0.737. The Hall–Kier alpha value is -1.21. The van der Waals surface area contributed by atoms with Crippen molar-refractivity contribution in [1.29, 1.82) is 0 Å². The molecule has 7 heteroatoms. The van der Waals surface area contributed by atoms with Crippen LogP contribution in [-0.4, -0.2) is 34.2 Å². The number of hydrogen-bond donors (Lipinski definition) is 3. The van der Waals surface area contributed by atoms with Gasteiger partial charge in [0.1, 0.15) is 0 Å². The summed E-state index contributed by atoms with van der Waals surface area (Å²) in [6, 6.07) is 4.18. The van der Waals surface area contributed by atoms with Crippen molar-refractivity contribution in [3.8, 4) is 0 Å². The first-order valence-electron chi connectivity index (χ1n) is 6.61. The van der Waals surface area contributed by atoms with Crippen molar-refractivity contribution >= 4 is 45.4 Å². The Kier molecular flexibility index (Phi) is 5.16. The zero-order chi connectivity index (χ0) is 15.5. The molecule has 1 aliphatic heterocycles. The van der Waals surface area contributed by atoms with Gasteiger partial charge in [0, 0.05) is 15.8 Å². The van der Waals surface area contributed by atoms with Crippen molar-refractivity contribution in [2.75, 3.05) is 17.6 Å². The molecule has 114 valence electrons. The number of carboxylic acids is 1. The minimum Gasteiger partial charge on any atom is -0.478 e. The molecule has 5 nitrogen and oxygen atoms in total. The molecule has 3 N–H and O–H groups in total. The molecule has 1 saturated heterocycles. The van der Waals surface area contributed by atoms with Crippen LogP contribution in [0.4, 0.5) is 10.5 Å². The molecule has 1 unspecified atom stereocenters. The fourth-order valence-corrected chi connectivity index (χ4v) is 3.75. The third-order valence-corrected chi connectivity index (χ3v) is 5.61. The van der Waals surface area contributed by atoms with Crippen LogP contribution in [-0.2, 0) is 0 Å². The summed E-state index contributed by atoms with van der Waals surface area (Å²) >= 11 is 5.17. The first kappa shape index (κ1) is 16.2. The number of carboxylic acid groups (broad SMARTS) is 1. The molecule has 1 heterocycles. The Morgan fingerprint density at radius 2 is 2.24 bits per heavy atom. The summed E-state index contributed by atoms with van der Waals surface area (Å²) in [7, 11) is 0. The number of hydrogen-bond acceptors (Lipinski definition) is 3. The van der Waals surface area contributed by atoms with E-state index >= 15 is 0 Å². The number of amides is 2. The number of benzene rings is 1.